The molecule has 0 heterocycles. The van der Waals surface area contributed by atoms with Crippen molar-refractivity contribution < 1.29 is 4.79 Å². The van der Waals surface area contributed by atoms with Crippen molar-refractivity contribution >= 4 is 25.5 Å². The number of ketones is 1. The summed E-state index contributed by atoms with van der Waals surface area (Å²) in [4.78, 5) is 12.9. The first-order valence-electron chi connectivity index (χ1n) is 8.41. The molecule has 3 heteroatoms. The van der Waals surface area contributed by atoms with Gasteiger partial charge in [0.2, 0.25) is 0 Å². The van der Waals surface area contributed by atoms with E-state index in [1.807, 2.05) is 42.5 Å². The molecule has 3 atom stereocenters. The molecular weight excluding hydrogens is 332 g/mol. The fraction of sp³-hybridized carbons (Fsp3) is 0.286. The topological polar surface area (TPSA) is 17.1 Å². The van der Waals surface area contributed by atoms with Gasteiger partial charge in [-0.25, -0.2) is 0 Å². The molecule has 24 heavy (non-hydrogen) atoms. The molecule has 0 spiro atoms. The minimum Gasteiger partial charge on any atom is -0.294 e. The molecule has 1 aliphatic carbocycles. The Hall–Kier alpha value is -1.64. The van der Waals surface area contributed by atoms with E-state index in [1.54, 1.807) is 0 Å². The summed E-state index contributed by atoms with van der Waals surface area (Å²) in [5.41, 5.74) is 4.38. The van der Waals surface area contributed by atoms with E-state index in [2.05, 4.69) is 43.5 Å². The van der Waals surface area contributed by atoms with Crippen LogP contribution in [0.1, 0.15) is 21.8 Å². The molecule has 0 aliphatic heterocycles. The van der Waals surface area contributed by atoms with Gasteiger partial charge in [-0.05, 0) is 23.6 Å². The molecule has 0 unspecified atom stereocenters. The standard InChI is InChI=1S/C21H23ClOSi/c1-24(2,3)14-13-18-19(15-9-11-17(22)12-10-15)20(18)21(23)16-7-5-4-6-8-16/h4-14,18-20H,1-3H3/b14-13+/t18-,19+,20+/m1/s1. The lowest BCUT2D eigenvalue weighted by atomic mass is 10.0. The number of carbonyl (C=O) groups excluding carboxylic acids is 1. The normalized spacial score (nSPS) is 23.4. The van der Waals surface area contributed by atoms with Gasteiger partial charge >= 0.3 is 0 Å². The summed E-state index contributed by atoms with van der Waals surface area (Å²) in [7, 11) is -1.28. The van der Waals surface area contributed by atoms with Crippen LogP contribution in [-0.2, 0) is 0 Å². The van der Waals surface area contributed by atoms with Gasteiger partial charge in [0.05, 0.1) is 8.07 Å². The lowest BCUT2D eigenvalue weighted by Crippen LogP contribution is -2.15. The van der Waals surface area contributed by atoms with Crippen LogP contribution >= 0.6 is 11.6 Å². The molecule has 2 aromatic rings. The molecule has 0 radical (unpaired) electrons. The Morgan fingerprint density at radius 2 is 1.62 bits per heavy atom. The van der Waals surface area contributed by atoms with Crippen LogP contribution in [0, 0.1) is 11.8 Å². The number of benzene rings is 2. The van der Waals surface area contributed by atoms with Crippen molar-refractivity contribution in [2.45, 2.75) is 25.6 Å². The Kier molecular flexibility index (Phi) is 4.80. The minimum atomic E-state index is -1.28. The van der Waals surface area contributed by atoms with Crippen molar-refractivity contribution in [3.8, 4) is 0 Å². The highest BCUT2D eigenvalue weighted by atomic mass is 35.5. The van der Waals surface area contributed by atoms with Crippen LogP contribution in [0.2, 0.25) is 24.7 Å². The van der Waals surface area contributed by atoms with Gasteiger partial charge in [-0.1, -0.05) is 85.5 Å². The summed E-state index contributed by atoms with van der Waals surface area (Å²) in [5.74, 6) is 0.857. The first-order valence-corrected chi connectivity index (χ1v) is 12.4. The third kappa shape index (κ3) is 3.88. The zero-order chi connectivity index (χ0) is 17.3. The third-order valence-corrected chi connectivity index (χ3v) is 5.95. The monoisotopic (exact) mass is 354 g/mol. The second-order valence-electron chi connectivity index (χ2n) is 7.64. The van der Waals surface area contributed by atoms with Gasteiger partial charge in [-0.3, -0.25) is 4.79 Å². The average molecular weight is 355 g/mol. The van der Waals surface area contributed by atoms with E-state index in [0.29, 0.717) is 5.92 Å². The van der Waals surface area contributed by atoms with Crippen LogP contribution in [0.3, 0.4) is 0 Å². The molecule has 0 saturated heterocycles. The van der Waals surface area contributed by atoms with Crippen LogP contribution in [0.25, 0.3) is 0 Å². The Morgan fingerprint density at radius 1 is 1.00 bits per heavy atom. The maximum atomic E-state index is 12.9. The molecule has 1 nitrogen and oxygen atoms in total. The maximum Gasteiger partial charge on any atom is 0.167 e. The van der Waals surface area contributed by atoms with E-state index in [4.69, 9.17) is 11.6 Å². The fourth-order valence-electron chi connectivity index (χ4n) is 3.22. The average Bonchev–Trinajstić information content (AvgIpc) is 3.27. The number of Topliss-reactive ketones (excluding diaryl/α,β-unsaturated/α-hetero) is 1. The number of carbonyl (C=O) groups is 1. The fourth-order valence-corrected chi connectivity index (χ4v) is 4.15. The zero-order valence-electron chi connectivity index (χ0n) is 14.4. The molecule has 2 aromatic carbocycles. The molecule has 0 amide bonds. The summed E-state index contributed by atoms with van der Waals surface area (Å²) in [6.45, 7) is 6.95. The summed E-state index contributed by atoms with van der Waals surface area (Å²) >= 11 is 6.01. The molecule has 124 valence electrons. The summed E-state index contributed by atoms with van der Waals surface area (Å²) in [6, 6.07) is 17.6. The molecule has 1 saturated carbocycles. The Balaban J connectivity index is 1.88. The first-order chi connectivity index (χ1) is 11.4. The van der Waals surface area contributed by atoms with Crippen LogP contribution < -0.4 is 0 Å². The predicted octanol–water partition coefficient (Wildman–Crippen LogP) is 5.99. The van der Waals surface area contributed by atoms with Crippen LogP contribution in [0.5, 0.6) is 0 Å². The SMILES string of the molecule is C[Si](C)(C)/C=C/[C@H]1[C@H](C(=O)c2ccccc2)[C@H]1c1ccc(Cl)cc1. The van der Waals surface area contributed by atoms with E-state index < -0.39 is 8.07 Å². The van der Waals surface area contributed by atoms with Crippen molar-refractivity contribution in [1.29, 1.82) is 0 Å². The van der Waals surface area contributed by atoms with Gasteiger partial charge in [0.15, 0.2) is 5.78 Å². The number of allylic oxidation sites excluding steroid dienone is 1. The van der Waals surface area contributed by atoms with Crippen molar-refractivity contribution in [1.82, 2.24) is 0 Å². The van der Waals surface area contributed by atoms with Gasteiger partial charge in [-0.2, -0.15) is 0 Å². The van der Waals surface area contributed by atoms with Gasteiger partial charge in [0.1, 0.15) is 0 Å². The van der Waals surface area contributed by atoms with Crippen molar-refractivity contribution in [2.24, 2.45) is 11.8 Å². The second-order valence-corrected chi connectivity index (χ2v) is 13.1. The summed E-state index contributed by atoms with van der Waals surface area (Å²) in [5, 5.41) is 0.736. The highest BCUT2D eigenvalue weighted by molar-refractivity contribution is 6.80. The van der Waals surface area contributed by atoms with E-state index >= 15 is 0 Å². The number of hydrogen-bond donors (Lipinski definition) is 0. The predicted molar refractivity (Wildman–Crippen MR) is 104 cm³/mol. The molecule has 0 N–H and O–H groups in total. The Bertz CT molecular complexity index is 744. The smallest absolute Gasteiger partial charge is 0.167 e. The van der Waals surface area contributed by atoms with Gasteiger partial charge < -0.3 is 0 Å². The van der Waals surface area contributed by atoms with Crippen LogP contribution in [0.4, 0.5) is 0 Å². The maximum absolute atomic E-state index is 12.9. The van der Waals surface area contributed by atoms with Crippen molar-refractivity contribution in [2.75, 3.05) is 0 Å². The van der Waals surface area contributed by atoms with E-state index in [1.165, 1.54) is 5.56 Å². The number of hydrogen-bond acceptors (Lipinski definition) is 1. The third-order valence-electron chi connectivity index (χ3n) is 4.51. The van der Waals surface area contributed by atoms with Crippen LogP contribution in [-0.4, -0.2) is 13.9 Å². The first kappa shape index (κ1) is 17.2. The Morgan fingerprint density at radius 3 is 2.21 bits per heavy atom. The zero-order valence-corrected chi connectivity index (χ0v) is 16.1. The molecule has 0 aromatic heterocycles. The molecule has 1 fully saturated rings. The van der Waals surface area contributed by atoms with E-state index in [-0.39, 0.29) is 17.6 Å². The summed E-state index contributed by atoms with van der Waals surface area (Å²) < 4.78 is 0. The summed E-state index contributed by atoms with van der Waals surface area (Å²) in [6.07, 6.45) is 2.29. The lowest BCUT2D eigenvalue weighted by molar-refractivity contribution is 0.0961. The molecule has 1 aliphatic rings. The van der Waals surface area contributed by atoms with Gasteiger partial charge in [-0.15, -0.1) is 0 Å². The van der Waals surface area contributed by atoms with Gasteiger partial charge in [0, 0.05) is 22.4 Å². The number of halogens is 1. The second kappa shape index (κ2) is 6.70. The van der Waals surface area contributed by atoms with Gasteiger partial charge in [0.25, 0.3) is 0 Å². The minimum absolute atomic E-state index is 0.0428. The van der Waals surface area contributed by atoms with E-state index in [9.17, 15) is 4.79 Å². The molecular formula is C21H23ClOSi. The molecule has 0 bridgehead atoms. The van der Waals surface area contributed by atoms with Crippen LogP contribution in [0.15, 0.2) is 66.4 Å². The van der Waals surface area contributed by atoms with Crippen molar-refractivity contribution in [3.63, 3.8) is 0 Å². The Labute approximate surface area is 150 Å². The van der Waals surface area contributed by atoms with E-state index in [0.717, 1.165) is 10.6 Å². The largest absolute Gasteiger partial charge is 0.294 e. The highest BCUT2D eigenvalue weighted by Gasteiger charge is 2.53. The lowest BCUT2D eigenvalue weighted by Gasteiger charge is -2.07. The molecule has 3 rings (SSSR count). The highest BCUT2D eigenvalue weighted by Crippen LogP contribution is 2.56. The quantitative estimate of drug-likeness (QED) is 0.476. The number of rotatable bonds is 5. The van der Waals surface area contributed by atoms with Crippen molar-refractivity contribution in [3.05, 3.63) is 82.5 Å².